The van der Waals surface area contributed by atoms with Gasteiger partial charge in [-0.2, -0.15) is 0 Å². The van der Waals surface area contributed by atoms with E-state index in [0.717, 1.165) is 0 Å². The lowest BCUT2D eigenvalue weighted by Crippen LogP contribution is -2.09. The summed E-state index contributed by atoms with van der Waals surface area (Å²) in [6.45, 7) is 2.13. The van der Waals surface area contributed by atoms with Crippen molar-refractivity contribution in [3.8, 4) is 0 Å². The molecule has 0 spiro atoms. The van der Waals surface area contributed by atoms with Crippen molar-refractivity contribution in [2.75, 3.05) is 0 Å². The Bertz CT molecular complexity index is 588. The van der Waals surface area contributed by atoms with Crippen LogP contribution in [0.3, 0.4) is 0 Å². The third kappa shape index (κ3) is 1.62. The van der Waals surface area contributed by atoms with E-state index in [9.17, 15) is 0 Å². The molecule has 4 heteroatoms. The van der Waals surface area contributed by atoms with E-state index in [1.165, 1.54) is 24.7 Å². The highest BCUT2D eigenvalue weighted by molar-refractivity contribution is 7.27. The van der Waals surface area contributed by atoms with E-state index in [1.807, 2.05) is 11.3 Å². The molecule has 0 aliphatic rings. The monoisotopic (exact) mass is 265 g/mol. The molecule has 0 saturated carbocycles. The molecule has 0 fully saturated rings. The number of rotatable bonds is 2. The molecule has 3 heterocycles. The first-order valence-electron chi connectivity index (χ1n) is 5.02. The summed E-state index contributed by atoms with van der Waals surface area (Å²) in [6.07, 6.45) is 0. The fourth-order valence-corrected chi connectivity index (χ4v) is 4.70. The molecule has 1 atom stereocenters. The SMILES string of the molecule is Cc1sccc1C(N)c1cc2sccc2s1. The first-order chi connectivity index (χ1) is 7.75. The van der Waals surface area contributed by atoms with Crippen LogP contribution in [0, 0.1) is 6.92 Å². The van der Waals surface area contributed by atoms with Crippen LogP contribution in [0.4, 0.5) is 0 Å². The van der Waals surface area contributed by atoms with Crippen LogP contribution in [0.15, 0.2) is 29.0 Å². The molecule has 2 N–H and O–H groups in total. The third-order valence-electron chi connectivity index (χ3n) is 2.70. The standard InChI is InChI=1S/C12H11NS3/c1-7-8(2-4-14-7)12(13)11-6-10-9(16-11)3-5-15-10/h2-6,12H,13H2,1H3. The van der Waals surface area contributed by atoms with Crippen LogP contribution >= 0.6 is 34.0 Å². The van der Waals surface area contributed by atoms with Gasteiger partial charge in [0.25, 0.3) is 0 Å². The second-order valence-electron chi connectivity index (χ2n) is 3.71. The number of fused-ring (bicyclic) bond motifs is 1. The summed E-state index contributed by atoms with van der Waals surface area (Å²) in [5.41, 5.74) is 7.57. The summed E-state index contributed by atoms with van der Waals surface area (Å²) >= 11 is 5.36. The van der Waals surface area contributed by atoms with Crippen molar-refractivity contribution in [1.82, 2.24) is 0 Å². The second kappa shape index (κ2) is 3.96. The molecule has 3 aromatic heterocycles. The van der Waals surface area contributed by atoms with Crippen molar-refractivity contribution < 1.29 is 0 Å². The van der Waals surface area contributed by atoms with Crippen LogP contribution in [0.25, 0.3) is 9.40 Å². The fraction of sp³-hybridized carbons (Fsp3) is 0.167. The van der Waals surface area contributed by atoms with Gasteiger partial charge in [-0.15, -0.1) is 34.0 Å². The van der Waals surface area contributed by atoms with E-state index in [2.05, 4.69) is 35.9 Å². The minimum atomic E-state index is 0.0378. The van der Waals surface area contributed by atoms with Crippen LogP contribution in [0.5, 0.6) is 0 Å². The van der Waals surface area contributed by atoms with Gasteiger partial charge in [-0.25, -0.2) is 0 Å². The Morgan fingerprint density at radius 3 is 2.62 bits per heavy atom. The first kappa shape index (κ1) is 10.5. The second-order valence-corrected chi connectivity index (χ2v) is 6.89. The quantitative estimate of drug-likeness (QED) is 0.731. The Kier molecular flexibility index (Phi) is 2.59. The zero-order valence-electron chi connectivity index (χ0n) is 8.77. The maximum absolute atomic E-state index is 6.31. The average Bonchev–Trinajstić information content (AvgIpc) is 2.89. The van der Waals surface area contributed by atoms with Gasteiger partial charge < -0.3 is 5.73 Å². The van der Waals surface area contributed by atoms with Gasteiger partial charge in [0.1, 0.15) is 0 Å². The molecule has 1 nitrogen and oxygen atoms in total. The van der Waals surface area contributed by atoms with E-state index in [4.69, 9.17) is 5.73 Å². The van der Waals surface area contributed by atoms with Crippen LogP contribution < -0.4 is 5.73 Å². The van der Waals surface area contributed by atoms with Gasteiger partial charge in [0.05, 0.1) is 6.04 Å². The topological polar surface area (TPSA) is 26.0 Å². The molecule has 0 bridgehead atoms. The molecule has 0 aliphatic heterocycles. The van der Waals surface area contributed by atoms with Gasteiger partial charge in [0, 0.05) is 19.2 Å². The molecule has 0 aromatic carbocycles. The Labute approximate surface area is 106 Å². The van der Waals surface area contributed by atoms with E-state index in [1.54, 1.807) is 22.7 Å². The molecule has 82 valence electrons. The Morgan fingerprint density at radius 2 is 1.94 bits per heavy atom. The maximum atomic E-state index is 6.31. The predicted octanol–water partition coefficient (Wildman–Crippen LogP) is 4.38. The number of nitrogens with two attached hydrogens (primary N) is 1. The molecule has 3 rings (SSSR count). The van der Waals surface area contributed by atoms with Gasteiger partial charge >= 0.3 is 0 Å². The van der Waals surface area contributed by atoms with E-state index in [0.29, 0.717) is 0 Å². The van der Waals surface area contributed by atoms with Gasteiger partial charge in [-0.3, -0.25) is 0 Å². The van der Waals surface area contributed by atoms with Crippen molar-refractivity contribution in [2.45, 2.75) is 13.0 Å². The zero-order valence-corrected chi connectivity index (χ0v) is 11.2. The lowest BCUT2D eigenvalue weighted by atomic mass is 10.1. The Morgan fingerprint density at radius 1 is 1.12 bits per heavy atom. The minimum Gasteiger partial charge on any atom is -0.320 e. The molecular formula is C12H11NS3. The van der Waals surface area contributed by atoms with E-state index < -0.39 is 0 Å². The number of hydrogen-bond acceptors (Lipinski definition) is 4. The first-order valence-corrected chi connectivity index (χ1v) is 7.60. The third-order valence-corrected chi connectivity index (χ3v) is 5.74. The normalized spacial score (nSPS) is 13.4. The van der Waals surface area contributed by atoms with Crippen molar-refractivity contribution in [1.29, 1.82) is 0 Å². The van der Waals surface area contributed by atoms with Crippen molar-refractivity contribution in [3.05, 3.63) is 44.3 Å². The minimum absolute atomic E-state index is 0.0378. The molecule has 16 heavy (non-hydrogen) atoms. The van der Waals surface area contributed by atoms with Crippen LogP contribution in [0.1, 0.15) is 21.4 Å². The summed E-state index contributed by atoms with van der Waals surface area (Å²) in [4.78, 5) is 2.59. The smallest absolute Gasteiger partial charge is 0.0657 e. The molecular weight excluding hydrogens is 254 g/mol. The van der Waals surface area contributed by atoms with Gasteiger partial charge in [0.15, 0.2) is 0 Å². The van der Waals surface area contributed by atoms with E-state index >= 15 is 0 Å². The molecule has 0 saturated heterocycles. The molecule has 3 aromatic rings. The largest absolute Gasteiger partial charge is 0.320 e. The molecule has 1 unspecified atom stereocenters. The van der Waals surface area contributed by atoms with Gasteiger partial charge in [0.2, 0.25) is 0 Å². The number of hydrogen-bond donors (Lipinski definition) is 1. The average molecular weight is 265 g/mol. The van der Waals surface area contributed by atoms with E-state index in [-0.39, 0.29) is 6.04 Å². The highest BCUT2D eigenvalue weighted by Gasteiger charge is 2.15. The molecule has 0 amide bonds. The highest BCUT2D eigenvalue weighted by atomic mass is 32.1. The van der Waals surface area contributed by atoms with Crippen molar-refractivity contribution in [3.63, 3.8) is 0 Å². The fourth-order valence-electron chi connectivity index (χ4n) is 1.81. The summed E-state index contributed by atoms with van der Waals surface area (Å²) in [7, 11) is 0. The lowest BCUT2D eigenvalue weighted by molar-refractivity contribution is 0.892. The van der Waals surface area contributed by atoms with Crippen LogP contribution in [-0.2, 0) is 0 Å². The molecule has 0 aliphatic carbocycles. The van der Waals surface area contributed by atoms with Crippen molar-refractivity contribution in [2.24, 2.45) is 5.73 Å². The number of aryl methyl sites for hydroxylation is 1. The number of thiophene rings is 3. The van der Waals surface area contributed by atoms with Crippen LogP contribution in [-0.4, -0.2) is 0 Å². The molecule has 0 radical (unpaired) electrons. The lowest BCUT2D eigenvalue weighted by Gasteiger charge is -2.08. The van der Waals surface area contributed by atoms with Gasteiger partial charge in [-0.05, 0) is 41.4 Å². The summed E-state index contributed by atoms with van der Waals surface area (Å²) < 4.78 is 2.70. The van der Waals surface area contributed by atoms with Crippen molar-refractivity contribution >= 4 is 43.4 Å². The Hall–Kier alpha value is -0.680. The summed E-state index contributed by atoms with van der Waals surface area (Å²) in [5.74, 6) is 0. The predicted molar refractivity (Wildman–Crippen MR) is 74.8 cm³/mol. The van der Waals surface area contributed by atoms with Gasteiger partial charge in [-0.1, -0.05) is 0 Å². The summed E-state index contributed by atoms with van der Waals surface area (Å²) in [5, 5.41) is 4.24. The Balaban J connectivity index is 2.04. The summed E-state index contributed by atoms with van der Waals surface area (Å²) in [6, 6.07) is 6.57. The highest BCUT2D eigenvalue weighted by Crippen LogP contribution is 2.36. The van der Waals surface area contributed by atoms with Crippen LogP contribution in [0.2, 0.25) is 0 Å². The maximum Gasteiger partial charge on any atom is 0.0657 e. The zero-order chi connectivity index (χ0) is 11.1.